The number of esters is 1. The zero-order valence-electron chi connectivity index (χ0n) is 17.0. The fourth-order valence-corrected chi connectivity index (χ4v) is 4.46. The summed E-state index contributed by atoms with van der Waals surface area (Å²) in [4.78, 5) is 25.4. The molecule has 0 radical (unpaired) electrons. The molecule has 0 amide bonds. The highest BCUT2D eigenvalue weighted by molar-refractivity contribution is 6.15. The predicted octanol–water partition coefficient (Wildman–Crippen LogP) is 5.17. The van der Waals surface area contributed by atoms with Crippen LogP contribution in [0.3, 0.4) is 0 Å². The van der Waals surface area contributed by atoms with E-state index in [1.807, 2.05) is 54.6 Å². The van der Waals surface area contributed by atoms with Gasteiger partial charge in [0.1, 0.15) is 23.9 Å². The molecule has 0 aromatic heterocycles. The summed E-state index contributed by atoms with van der Waals surface area (Å²) in [5.74, 6) is 1.18. The fraction of sp³-hybridized carbons (Fsp3) is 0.111. The van der Waals surface area contributed by atoms with E-state index in [1.54, 1.807) is 18.2 Å². The molecule has 6 rings (SSSR count). The van der Waals surface area contributed by atoms with Gasteiger partial charge >= 0.3 is 5.97 Å². The summed E-state index contributed by atoms with van der Waals surface area (Å²) < 4.78 is 17.6. The smallest absolute Gasteiger partial charge is 0.312 e. The van der Waals surface area contributed by atoms with Gasteiger partial charge in [0, 0.05) is 17.0 Å². The van der Waals surface area contributed by atoms with Gasteiger partial charge < -0.3 is 14.2 Å². The van der Waals surface area contributed by atoms with E-state index in [2.05, 4.69) is 6.08 Å². The molecule has 32 heavy (non-hydrogen) atoms. The van der Waals surface area contributed by atoms with E-state index >= 15 is 0 Å². The lowest BCUT2D eigenvalue weighted by Gasteiger charge is -2.29. The van der Waals surface area contributed by atoms with E-state index in [0.29, 0.717) is 23.7 Å². The minimum absolute atomic E-state index is 0.163. The molecular weight excluding hydrogens is 404 g/mol. The Morgan fingerprint density at radius 1 is 0.844 bits per heavy atom. The largest absolute Gasteiger partial charge is 0.489 e. The number of para-hydroxylation sites is 1. The Hall–Kier alpha value is -4.12. The van der Waals surface area contributed by atoms with Crippen LogP contribution in [-0.2, 0) is 4.79 Å². The van der Waals surface area contributed by atoms with E-state index in [4.69, 9.17) is 14.2 Å². The molecule has 0 saturated carbocycles. The van der Waals surface area contributed by atoms with Crippen molar-refractivity contribution in [3.8, 4) is 17.2 Å². The summed E-state index contributed by atoms with van der Waals surface area (Å²) >= 11 is 0. The van der Waals surface area contributed by atoms with Gasteiger partial charge in [0.2, 0.25) is 5.78 Å². The lowest BCUT2D eigenvalue weighted by atomic mass is 9.83. The highest BCUT2D eigenvalue weighted by Crippen LogP contribution is 2.50. The second-order valence-electron chi connectivity index (χ2n) is 7.98. The molecule has 1 atom stereocenters. The van der Waals surface area contributed by atoms with E-state index in [1.165, 1.54) is 0 Å². The molecule has 0 fully saturated rings. The van der Waals surface area contributed by atoms with Crippen LogP contribution in [0.1, 0.15) is 39.4 Å². The normalized spacial score (nSPS) is 19.8. The monoisotopic (exact) mass is 422 g/mol. The second kappa shape index (κ2) is 7.24. The minimum Gasteiger partial charge on any atom is -0.489 e. The molecule has 5 heteroatoms. The number of ketones is 1. The number of rotatable bonds is 2. The van der Waals surface area contributed by atoms with Crippen LogP contribution in [0.4, 0.5) is 0 Å². The topological polar surface area (TPSA) is 61.8 Å². The van der Waals surface area contributed by atoms with Crippen molar-refractivity contribution in [2.75, 3.05) is 6.61 Å². The Bertz CT molecular complexity index is 1330. The standard InChI is InChI=1S/C27H18O5/c28-24-14-20(18-13-17-8-4-5-9-21(17)30-15-18)25-22(31-24)11-10-19-26(29)23(32-27(19)25)12-16-6-2-1-3-7-16/h1-13,20H,14-15H2. The maximum atomic E-state index is 13.1. The molecule has 0 bridgehead atoms. The fourth-order valence-electron chi connectivity index (χ4n) is 4.46. The summed E-state index contributed by atoms with van der Waals surface area (Å²) in [5.41, 5.74) is 3.99. The molecular formula is C27H18O5. The van der Waals surface area contributed by atoms with Crippen molar-refractivity contribution in [3.05, 3.63) is 100 Å². The number of carbonyl (C=O) groups is 2. The summed E-state index contributed by atoms with van der Waals surface area (Å²) in [6.45, 7) is 0.360. The van der Waals surface area contributed by atoms with Crippen molar-refractivity contribution in [1.29, 1.82) is 0 Å². The highest BCUT2D eigenvalue weighted by atomic mass is 16.5. The molecule has 3 heterocycles. The van der Waals surface area contributed by atoms with Crippen molar-refractivity contribution in [1.82, 2.24) is 0 Å². The van der Waals surface area contributed by atoms with Gasteiger partial charge in [-0.05, 0) is 41.5 Å². The third-order valence-corrected chi connectivity index (χ3v) is 5.98. The van der Waals surface area contributed by atoms with Crippen LogP contribution in [-0.4, -0.2) is 18.4 Å². The van der Waals surface area contributed by atoms with Crippen LogP contribution >= 0.6 is 0 Å². The third-order valence-electron chi connectivity index (χ3n) is 5.98. The zero-order valence-corrected chi connectivity index (χ0v) is 17.0. The van der Waals surface area contributed by atoms with Gasteiger partial charge in [-0.15, -0.1) is 0 Å². The quantitative estimate of drug-likeness (QED) is 0.324. The molecule has 5 nitrogen and oxygen atoms in total. The number of hydrogen-bond acceptors (Lipinski definition) is 5. The number of hydrogen-bond donors (Lipinski definition) is 0. The Morgan fingerprint density at radius 3 is 2.53 bits per heavy atom. The molecule has 0 aliphatic carbocycles. The van der Waals surface area contributed by atoms with Gasteiger partial charge in [0.15, 0.2) is 5.76 Å². The number of benzene rings is 3. The minimum atomic E-state index is -0.313. The Kier molecular flexibility index (Phi) is 4.21. The number of carbonyl (C=O) groups excluding carboxylic acids is 2. The molecule has 156 valence electrons. The van der Waals surface area contributed by atoms with Gasteiger partial charge in [-0.3, -0.25) is 9.59 Å². The van der Waals surface area contributed by atoms with E-state index in [9.17, 15) is 9.59 Å². The second-order valence-corrected chi connectivity index (χ2v) is 7.98. The molecule has 3 aromatic rings. The molecule has 0 saturated heterocycles. The Balaban J connectivity index is 1.45. The molecule has 3 aliphatic heterocycles. The van der Waals surface area contributed by atoms with Crippen LogP contribution < -0.4 is 14.2 Å². The number of allylic oxidation sites excluding steroid dienone is 1. The lowest BCUT2D eigenvalue weighted by Crippen LogP contribution is -2.24. The molecule has 0 N–H and O–H groups in total. The van der Waals surface area contributed by atoms with Crippen LogP contribution in [0.2, 0.25) is 0 Å². The van der Waals surface area contributed by atoms with E-state index in [0.717, 1.165) is 28.0 Å². The summed E-state index contributed by atoms with van der Waals surface area (Å²) in [6.07, 6.45) is 3.96. The van der Waals surface area contributed by atoms with Gasteiger partial charge in [-0.2, -0.15) is 0 Å². The SMILES string of the molecule is O=C1CC(C2=Cc3ccccc3OC2)c2c(ccc3c2OC(=Cc2ccccc2)C3=O)O1. The van der Waals surface area contributed by atoms with Crippen LogP contribution in [0.15, 0.2) is 78.1 Å². The Labute approximate surface area is 184 Å². The Morgan fingerprint density at radius 2 is 1.66 bits per heavy atom. The van der Waals surface area contributed by atoms with Crippen LogP contribution in [0, 0.1) is 0 Å². The van der Waals surface area contributed by atoms with Crippen molar-refractivity contribution >= 4 is 23.9 Å². The van der Waals surface area contributed by atoms with Gasteiger partial charge in [0.25, 0.3) is 0 Å². The number of ether oxygens (including phenoxy) is 3. The number of fused-ring (bicyclic) bond motifs is 4. The first-order valence-electron chi connectivity index (χ1n) is 10.5. The van der Waals surface area contributed by atoms with Crippen LogP contribution in [0.5, 0.6) is 17.2 Å². The van der Waals surface area contributed by atoms with Crippen molar-refractivity contribution < 1.29 is 23.8 Å². The average Bonchev–Trinajstić information content (AvgIpc) is 3.14. The van der Waals surface area contributed by atoms with Crippen molar-refractivity contribution in [2.24, 2.45) is 0 Å². The average molecular weight is 422 g/mol. The lowest BCUT2D eigenvalue weighted by molar-refractivity contribution is -0.135. The maximum Gasteiger partial charge on any atom is 0.312 e. The first-order valence-corrected chi connectivity index (χ1v) is 10.5. The summed E-state index contributed by atoms with van der Waals surface area (Å²) in [6, 6.07) is 20.7. The maximum absolute atomic E-state index is 13.1. The third kappa shape index (κ3) is 3.02. The van der Waals surface area contributed by atoms with Gasteiger partial charge in [-0.1, -0.05) is 48.5 Å². The first kappa shape index (κ1) is 18.6. The molecule has 3 aliphatic rings. The predicted molar refractivity (Wildman–Crippen MR) is 119 cm³/mol. The van der Waals surface area contributed by atoms with E-state index in [-0.39, 0.29) is 29.9 Å². The molecule has 3 aromatic carbocycles. The zero-order chi connectivity index (χ0) is 21.7. The molecule has 1 unspecified atom stereocenters. The first-order chi connectivity index (χ1) is 15.7. The van der Waals surface area contributed by atoms with E-state index < -0.39 is 0 Å². The summed E-state index contributed by atoms with van der Waals surface area (Å²) in [5, 5.41) is 0. The van der Waals surface area contributed by atoms with Crippen molar-refractivity contribution in [3.63, 3.8) is 0 Å². The van der Waals surface area contributed by atoms with Gasteiger partial charge in [0.05, 0.1) is 12.0 Å². The molecule has 0 spiro atoms. The van der Waals surface area contributed by atoms with Crippen molar-refractivity contribution in [2.45, 2.75) is 12.3 Å². The summed E-state index contributed by atoms with van der Waals surface area (Å²) in [7, 11) is 0. The van der Waals surface area contributed by atoms with Crippen LogP contribution in [0.25, 0.3) is 12.2 Å². The number of Topliss-reactive ketones (excluding diaryl/α,β-unsaturated/α-hetero) is 1. The van der Waals surface area contributed by atoms with Gasteiger partial charge in [-0.25, -0.2) is 0 Å². The highest BCUT2D eigenvalue weighted by Gasteiger charge is 2.39.